The molecule has 0 unspecified atom stereocenters. The maximum atomic E-state index is 4.64. The van der Waals surface area contributed by atoms with E-state index >= 15 is 0 Å². The van der Waals surface area contributed by atoms with E-state index < -0.39 is 0 Å². The molecule has 0 radical (unpaired) electrons. The molecule has 0 amide bonds. The van der Waals surface area contributed by atoms with E-state index in [1.165, 1.54) is 11.3 Å². The van der Waals surface area contributed by atoms with Gasteiger partial charge in [0.25, 0.3) is 0 Å². The second-order valence-electron chi connectivity index (χ2n) is 6.44. The molecular formula is C14H20N6S. The van der Waals surface area contributed by atoms with E-state index in [0.717, 1.165) is 21.5 Å². The fourth-order valence-corrected chi connectivity index (χ4v) is 2.72. The lowest BCUT2D eigenvalue weighted by atomic mass is 9.93. The van der Waals surface area contributed by atoms with Gasteiger partial charge in [-0.25, -0.2) is 9.50 Å². The predicted molar refractivity (Wildman–Crippen MR) is 85.5 cm³/mol. The molecule has 0 fully saturated rings. The van der Waals surface area contributed by atoms with E-state index in [2.05, 4.69) is 55.1 Å². The smallest absolute Gasteiger partial charge is 0.214 e. The number of nitrogens with zero attached hydrogens (tertiary/aromatic N) is 5. The maximum Gasteiger partial charge on any atom is 0.214 e. The number of hydrogen-bond donors (Lipinski definition) is 1. The zero-order valence-corrected chi connectivity index (χ0v) is 13.8. The van der Waals surface area contributed by atoms with Crippen molar-refractivity contribution in [1.29, 1.82) is 0 Å². The van der Waals surface area contributed by atoms with Gasteiger partial charge in [0, 0.05) is 17.7 Å². The van der Waals surface area contributed by atoms with Gasteiger partial charge in [0.05, 0.1) is 23.8 Å². The van der Waals surface area contributed by atoms with Gasteiger partial charge in [-0.15, -0.1) is 5.10 Å². The van der Waals surface area contributed by atoms with Crippen LogP contribution in [0.15, 0.2) is 18.6 Å². The summed E-state index contributed by atoms with van der Waals surface area (Å²) >= 11 is 1.54. The summed E-state index contributed by atoms with van der Waals surface area (Å²) in [6.07, 6.45) is 5.79. The first-order valence-corrected chi connectivity index (χ1v) is 7.82. The fraction of sp³-hybridized carbons (Fsp3) is 0.500. The van der Waals surface area contributed by atoms with E-state index in [-0.39, 0.29) is 5.41 Å². The molecular weight excluding hydrogens is 284 g/mol. The fourth-order valence-electron chi connectivity index (χ4n) is 1.92. The molecule has 0 aliphatic carbocycles. The zero-order valence-electron chi connectivity index (χ0n) is 13.0. The molecule has 0 spiro atoms. The normalized spacial score (nSPS) is 12.5. The Bertz CT molecular complexity index is 726. The molecule has 0 aromatic carbocycles. The molecule has 0 atom stereocenters. The summed E-state index contributed by atoms with van der Waals surface area (Å²) in [6, 6.07) is 0.350. The van der Waals surface area contributed by atoms with Crippen molar-refractivity contribution in [2.75, 3.05) is 5.32 Å². The molecule has 21 heavy (non-hydrogen) atoms. The average molecular weight is 304 g/mol. The summed E-state index contributed by atoms with van der Waals surface area (Å²) in [5, 5.41) is 12.9. The number of rotatable bonds is 3. The molecule has 0 saturated heterocycles. The first-order chi connectivity index (χ1) is 9.83. The Morgan fingerprint density at radius 2 is 2.00 bits per heavy atom. The lowest BCUT2D eigenvalue weighted by Crippen LogP contribution is -2.11. The van der Waals surface area contributed by atoms with Gasteiger partial charge in [-0.1, -0.05) is 32.1 Å². The molecule has 3 aromatic heterocycles. The minimum atomic E-state index is 0.0411. The third-order valence-corrected chi connectivity index (χ3v) is 4.03. The first kappa shape index (κ1) is 14.1. The zero-order chi connectivity index (χ0) is 15.2. The van der Waals surface area contributed by atoms with Crippen LogP contribution in [0.5, 0.6) is 0 Å². The first-order valence-electron chi connectivity index (χ1n) is 7.01. The number of nitrogens with one attached hydrogen (secondary N) is 1. The van der Waals surface area contributed by atoms with E-state index in [0.29, 0.717) is 6.04 Å². The molecule has 3 rings (SSSR count). The quantitative estimate of drug-likeness (QED) is 0.803. The van der Waals surface area contributed by atoms with Crippen molar-refractivity contribution in [3.63, 3.8) is 0 Å². The Labute approximate surface area is 127 Å². The summed E-state index contributed by atoms with van der Waals surface area (Å²) in [7, 11) is 0. The van der Waals surface area contributed by atoms with Gasteiger partial charge >= 0.3 is 0 Å². The molecule has 3 aromatic rings. The molecule has 3 heterocycles. The summed E-state index contributed by atoms with van der Waals surface area (Å²) in [5.41, 5.74) is 2.04. The van der Waals surface area contributed by atoms with E-state index in [1.54, 1.807) is 0 Å². The van der Waals surface area contributed by atoms with Crippen LogP contribution in [0.2, 0.25) is 0 Å². The summed E-state index contributed by atoms with van der Waals surface area (Å²) < 4.78 is 3.75. The van der Waals surface area contributed by atoms with Crippen molar-refractivity contribution in [3.05, 3.63) is 24.3 Å². The summed E-state index contributed by atoms with van der Waals surface area (Å²) in [5.74, 6) is 0. The molecule has 112 valence electrons. The number of aromatic nitrogens is 5. The van der Waals surface area contributed by atoms with Crippen molar-refractivity contribution in [2.24, 2.45) is 0 Å². The van der Waals surface area contributed by atoms with Crippen LogP contribution in [0.25, 0.3) is 4.96 Å². The van der Waals surface area contributed by atoms with Gasteiger partial charge in [0.2, 0.25) is 10.1 Å². The van der Waals surface area contributed by atoms with Crippen LogP contribution in [0.3, 0.4) is 0 Å². The highest BCUT2D eigenvalue weighted by Gasteiger charge is 2.19. The van der Waals surface area contributed by atoms with Gasteiger partial charge < -0.3 is 5.32 Å². The molecule has 6 nitrogen and oxygen atoms in total. The number of imidazole rings is 1. The maximum absolute atomic E-state index is 4.64. The second kappa shape index (κ2) is 4.84. The highest BCUT2D eigenvalue weighted by atomic mass is 32.1. The number of fused-ring (bicyclic) bond motifs is 1. The van der Waals surface area contributed by atoms with E-state index in [1.807, 2.05) is 27.8 Å². The van der Waals surface area contributed by atoms with Crippen molar-refractivity contribution in [2.45, 2.75) is 46.1 Å². The Hall–Kier alpha value is -1.89. The topological polar surface area (TPSA) is 60.0 Å². The molecule has 0 saturated carbocycles. The van der Waals surface area contributed by atoms with Crippen LogP contribution in [-0.2, 0) is 5.41 Å². The van der Waals surface area contributed by atoms with Gasteiger partial charge in [-0.05, 0) is 13.8 Å². The van der Waals surface area contributed by atoms with Gasteiger partial charge in [0.15, 0.2) is 0 Å². The molecule has 1 N–H and O–H groups in total. The predicted octanol–water partition coefficient (Wildman–Crippen LogP) is 3.61. The van der Waals surface area contributed by atoms with Crippen LogP contribution in [-0.4, -0.2) is 24.4 Å². The highest BCUT2D eigenvalue weighted by molar-refractivity contribution is 7.20. The lowest BCUT2D eigenvalue weighted by molar-refractivity contribution is 0.532. The van der Waals surface area contributed by atoms with Crippen molar-refractivity contribution in [3.8, 4) is 0 Å². The van der Waals surface area contributed by atoms with Crippen molar-refractivity contribution in [1.82, 2.24) is 24.4 Å². The van der Waals surface area contributed by atoms with E-state index in [4.69, 9.17) is 0 Å². The molecule has 0 bridgehead atoms. The van der Waals surface area contributed by atoms with Crippen molar-refractivity contribution >= 4 is 27.1 Å². The molecule has 7 heteroatoms. The van der Waals surface area contributed by atoms with Gasteiger partial charge in [0.1, 0.15) is 0 Å². The minimum Gasteiger partial charge on any atom is -0.327 e. The third kappa shape index (κ3) is 2.78. The standard InChI is InChI=1S/C14H20N6S/c1-9(2)19-7-10(6-15-19)16-12-18-20-8-11(14(3,4)5)17-13(20)21-12/h6-9H,1-5H3,(H,16,18). The number of anilines is 2. The van der Waals surface area contributed by atoms with Crippen LogP contribution >= 0.6 is 11.3 Å². The van der Waals surface area contributed by atoms with Crippen molar-refractivity contribution < 1.29 is 0 Å². The highest BCUT2D eigenvalue weighted by Crippen LogP contribution is 2.27. The van der Waals surface area contributed by atoms with Gasteiger partial charge in [-0.2, -0.15) is 5.10 Å². The van der Waals surface area contributed by atoms with Crippen LogP contribution in [0.4, 0.5) is 10.8 Å². The van der Waals surface area contributed by atoms with E-state index in [9.17, 15) is 0 Å². The SMILES string of the molecule is CC(C)n1cc(Nc2nn3cc(C(C)(C)C)nc3s2)cn1. The summed E-state index contributed by atoms with van der Waals surface area (Å²) in [4.78, 5) is 5.54. The minimum absolute atomic E-state index is 0.0411. The lowest BCUT2D eigenvalue weighted by Gasteiger charge is -2.13. The largest absolute Gasteiger partial charge is 0.327 e. The third-order valence-electron chi connectivity index (χ3n) is 3.19. The Balaban J connectivity index is 1.83. The molecule has 0 aliphatic rings. The molecule has 0 aliphatic heterocycles. The monoisotopic (exact) mass is 304 g/mol. The summed E-state index contributed by atoms with van der Waals surface area (Å²) in [6.45, 7) is 10.7. The number of hydrogen-bond acceptors (Lipinski definition) is 5. The Morgan fingerprint density at radius 3 is 2.57 bits per heavy atom. The average Bonchev–Trinajstić information content (AvgIpc) is 3.01. The second-order valence-corrected chi connectivity index (χ2v) is 7.39. The Morgan fingerprint density at radius 1 is 1.24 bits per heavy atom. The van der Waals surface area contributed by atoms with Crippen LogP contribution in [0.1, 0.15) is 46.4 Å². The van der Waals surface area contributed by atoms with Gasteiger partial charge in [-0.3, -0.25) is 4.68 Å². The van der Waals surface area contributed by atoms with Crippen LogP contribution in [0, 0.1) is 0 Å². The van der Waals surface area contributed by atoms with Crippen LogP contribution < -0.4 is 5.32 Å². The Kier molecular flexibility index (Phi) is 3.24.